The molecular formula is C18H26N2OS. The van der Waals surface area contributed by atoms with E-state index in [2.05, 4.69) is 35.3 Å². The van der Waals surface area contributed by atoms with Gasteiger partial charge in [0.2, 0.25) is 5.91 Å². The second kappa shape index (κ2) is 7.51. The van der Waals surface area contributed by atoms with Crippen molar-refractivity contribution in [2.24, 2.45) is 5.92 Å². The first-order valence-corrected chi connectivity index (χ1v) is 9.58. The highest BCUT2D eigenvalue weighted by Gasteiger charge is 2.23. The zero-order valence-electron chi connectivity index (χ0n) is 13.4. The molecule has 1 heterocycles. The second-order valence-electron chi connectivity index (χ2n) is 6.51. The predicted molar refractivity (Wildman–Crippen MR) is 94.4 cm³/mol. The maximum atomic E-state index is 12.3. The average Bonchev–Trinajstić information content (AvgIpc) is 3.06. The Labute approximate surface area is 137 Å². The minimum absolute atomic E-state index is 0.215. The van der Waals surface area contributed by atoms with Gasteiger partial charge in [0, 0.05) is 42.7 Å². The third-order valence-corrected chi connectivity index (χ3v) is 5.74. The van der Waals surface area contributed by atoms with Gasteiger partial charge in [-0.2, -0.15) is 11.8 Å². The van der Waals surface area contributed by atoms with Crippen LogP contribution in [0.25, 0.3) is 0 Å². The van der Waals surface area contributed by atoms with E-state index in [1.807, 2.05) is 11.8 Å². The van der Waals surface area contributed by atoms with Crippen LogP contribution >= 0.6 is 11.8 Å². The summed E-state index contributed by atoms with van der Waals surface area (Å²) in [7, 11) is 0. The number of carbonyl (C=O) groups is 1. The van der Waals surface area contributed by atoms with E-state index in [9.17, 15) is 4.79 Å². The van der Waals surface area contributed by atoms with Crippen molar-refractivity contribution in [3.8, 4) is 0 Å². The van der Waals surface area contributed by atoms with Crippen molar-refractivity contribution in [3.63, 3.8) is 0 Å². The van der Waals surface area contributed by atoms with E-state index in [1.165, 1.54) is 43.0 Å². The van der Waals surface area contributed by atoms with Crippen molar-refractivity contribution in [1.82, 2.24) is 4.90 Å². The second-order valence-corrected chi connectivity index (χ2v) is 7.73. The number of rotatable bonds is 4. The summed E-state index contributed by atoms with van der Waals surface area (Å²) in [6.07, 6.45) is 4.50. The van der Waals surface area contributed by atoms with Crippen molar-refractivity contribution in [1.29, 1.82) is 0 Å². The van der Waals surface area contributed by atoms with Gasteiger partial charge in [-0.25, -0.2) is 0 Å². The molecule has 2 fully saturated rings. The standard InChI is InChI=1S/C18H26N2OS/c1-14-6-7-15(13-20-8-10-22-11-9-20)12-17(14)19-18(21)16-4-2-3-5-16/h6-7,12,16H,2-5,8-11,13H2,1H3,(H,19,21). The van der Waals surface area contributed by atoms with E-state index in [0.717, 1.165) is 30.6 Å². The SMILES string of the molecule is Cc1ccc(CN2CCSCC2)cc1NC(=O)C1CCCC1. The maximum Gasteiger partial charge on any atom is 0.227 e. The van der Waals surface area contributed by atoms with Gasteiger partial charge >= 0.3 is 0 Å². The van der Waals surface area contributed by atoms with Crippen LogP contribution in [0, 0.1) is 12.8 Å². The molecule has 4 heteroatoms. The number of hydrogen-bond acceptors (Lipinski definition) is 3. The molecule has 1 saturated carbocycles. The molecule has 0 unspecified atom stereocenters. The smallest absolute Gasteiger partial charge is 0.227 e. The maximum absolute atomic E-state index is 12.3. The highest BCUT2D eigenvalue weighted by atomic mass is 32.2. The number of carbonyl (C=O) groups excluding carboxylic acids is 1. The molecule has 0 atom stereocenters. The van der Waals surface area contributed by atoms with Gasteiger partial charge in [-0.05, 0) is 37.0 Å². The normalized spacial score (nSPS) is 20.2. The van der Waals surface area contributed by atoms with E-state index in [0.29, 0.717) is 0 Å². The van der Waals surface area contributed by atoms with E-state index in [4.69, 9.17) is 0 Å². The van der Waals surface area contributed by atoms with Crippen molar-refractivity contribution < 1.29 is 4.79 Å². The third kappa shape index (κ3) is 4.05. The van der Waals surface area contributed by atoms with E-state index in [1.54, 1.807) is 0 Å². The molecule has 3 nitrogen and oxygen atoms in total. The van der Waals surface area contributed by atoms with Crippen molar-refractivity contribution in [3.05, 3.63) is 29.3 Å². The number of aryl methyl sites for hydroxylation is 1. The molecule has 0 aromatic heterocycles. The fraction of sp³-hybridized carbons (Fsp3) is 0.611. The molecule has 1 aromatic carbocycles. The van der Waals surface area contributed by atoms with Crippen LogP contribution in [0.2, 0.25) is 0 Å². The van der Waals surface area contributed by atoms with Crippen molar-refractivity contribution >= 4 is 23.4 Å². The highest BCUT2D eigenvalue weighted by molar-refractivity contribution is 7.99. The van der Waals surface area contributed by atoms with Crippen LogP contribution in [-0.4, -0.2) is 35.4 Å². The molecule has 0 bridgehead atoms. The van der Waals surface area contributed by atoms with Gasteiger partial charge in [0.05, 0.1) is 0 Å². The molecular weight excluding hydrogens is 292 g/mol. The minimum Gasteiger partial charge on any atom is -0.326 e. The van der Waals surface area contributed by atoms with Gasteiger partial charge in [-0.3, -0.25) is 9.69 Å². The number of amides is 1. The lowest BCUT2D eigenvalue weighted by Gasteiger charge is -2.26. The fourth-order valence-electron chi connectivity index (χ4n) is 3.34. The Hall–Kier alpha value is -1.00. The van der Waals surface area contributed by atoms with Crippen LogP contribution in [0.15, 0.2) is 18.2 Å². The number of hydrogen-bond donors (Lipinski definition) is 1. The summed E-state index contributed by atoms with van der Waals surface area (Å²) in [6, 6.07) is 6.50. The molecule has 1 N–H and O–H groups in total. The zero-order valence-corrected chi connectivity index (χ0v) is 14.3. The molecule has 22 heavy (non-hydrogen) atoms. The van der Waals surface area contributed by atoms with Gasteiger partial charge in [-0.15, -0.1) is 0 Å². The summed E-state index contributed by atoms with van der Waals surface area (Å²) in [4.78, 5) is 14.8. The molecule has 1 saturated heterocycles. The lowest BCUT2D eigenvalue weighted by Crippen LogP contribution is -2.32. The Morgan fingerprint density at radius 2 is 2.00 bits per heavy atom. The number of anilines is 1. The van der Waals surface area contributed by atoms with Gasteiger partial charge in [-0.1, -0.05) is 25.0 Å². The number of benzene rings is 1. The van der Waals surface area contributed by atoms with Gasteiger partial charge in [0.25, 0.3) is 0 Å². The molecule has 3 rings (SSSR count). The lowest BCUT2D eigenvalue weighted by atomic mass is 10.1. The first-order chi connectivity index (χ1) is 10.7. The number of nitrogens with zero attached hydrogens (tertiary/aromatic N) is 1. The van der Waals surface area contributed by atoms with Crippen LogP contribution in [0.3, 0.4) is 0 Å². The van der Waals surface area contributed by atoms with E-state index in [-0.39, 0.29) is 11.8 Å². The Balaban J connectivity index is 1.65. The summed E-state index contributed by atoms with van der Waals surface area (Å²) in [5.41, 5.74) is 3.46. The summed E-state index contributed by atoms with van der Waals surface area (Å²) in [5.74, 6) is 2.91. The first-order valence-electron chi connectivity index (χ1n) is 8.43. The van der Waals surface area contributed by atoms with E-state index >= 15 is 0 Å². The summed E-state index contributed by atoms with van der Waals surface area (Å²) in [6.45, 7) is 5.41. The van der Waals surface area contributed by atoms with Crippen LogP contribution in [-0.2, 0) is 11.3 Å². The average molecular weight is 318 g/mol. The number of thioether (sulfide) groups is 1. The monoisotopic (exact) mass is 318 g/mol. The Morgan fingerprint density at radius 3 is 2.73 bits per heavy atom. The summed E-state index contributed by atoms with van der Waals surface area (Å²) < 4.78 is 0. The third-order valence-electron chi connectivity index (χ3n) is 4.80. The fourth-order valence-corrected chi connectivity index (χ4v) is 4.32. The van der Waals surface area contributed by atoms with Crippen LogP contribution in [0.4, 0.5) is 5.69 Å². The topological polar surface area (TPSA) is 32.3 Å². The Bertz CT molecular complexity index is 520. The molecule has 120 valence electrons. The largest absolute Gasteiger partial charge is 0.326 e. The van der Waals surface area contributed by atoms with Crippen LogP contribution < -0.4 is 5.32 Å². The number of nitrogens with one attached hydrogen (secondary N) is 1. The summed E-state index contributed by atoms with van der Waals surface area (Å²) in [5, 5.41) is 3.17. The zero-order chi connectivity index (χ0) is 15.4. The lowest BCUT2D eigenvalue weighted by molar-refractivity contribution is -0.119. The van der Waals surface area contributed by atoms with Gasteiger partial charge in [0.1, 0.15) is 0 Å². The minimum atomic E-state index is 0.215. The van der Waals surface area contributed by atoms with E-state index < -0.39 is 0 Å². The predicted octanol–water partition coefficient (Wildman–Crippen LogP) is 3.67. The Kier molecular flexibility index (Phi) is 5.42. The van der Waals surface area contributed by atoms with Crippen molar-refractivity contribution in [2.75, 3.05) is 29.9 Å². The molecule has 1 aliphatic carbocycles. The molecule has 1 amide bonds. The Morgan fingerprint density at radius 1 is 1.27 bits per heavy atom. The van der Waals surface area contributed by atoms with Crippen molar-refractivity contribution in [2.45, 2.75) is 39.2 Å². The molecule has 0 radical (unpaired) electrons. The first kappa shape index (κ1) is 15.9. The molecule has 1 aromatic rings. The summed E-state index contributed by atoms with van der Waals surface area (Å²) >= 11 is 2.04. The van der Waals surface area contributed by atoms with Crippen LogP contribution in [0.5, 0.6) is 0 Å². The quantitative estimate of drug-likeness (QED) is 0.919. The van der Waals surface area contributed by atoms with Gasteiger partial charge < -0.3 is 5.32 Å². The van der Waals surface area contributed by atoms with Gasteiger partial charge in [0.15, 0.2) is 0 Å². The molecule has 0 spiro atoms. The molecule has 2 aliphatic rings. The highest BCUT2D eigenvalue weighted by Crippen LogP contribution is 2.27. The van der Waals surface area contributed by atoms with Crippen LogP contribution in [0.1, 0.15) is 36.8 Å². The molecule has 1 aliphatic heterocycles.